The largest absolute Gasteiger partial charge is 0.393 e. The van der Waals surface area contributed by atoms with Crippen molar-refractivity contribution in [1.82, 2.24) is 4.90 Å². The molecule has 126 valence electrons. The molecule has 2 saturated heterocycles. The summed E-state index contributed by atoms with van der Waals surface area (Å²) in [4.78, 5) is 16.9. The molecule has 2 aliphatic heterocycles. The van der Waals surface area contributed by atoms with E-state index in [1.807, 2.05) is 29.2 Å². The molecule has 2 aliphatic rings. The van der Waals surface area contributed by atoms with Crippen LogP contribution in [0.5, 0.6) is 0 Å². The molecule has 4 nitrogen and oxygen atoms in total. The van der Waals surface area contributed by atoms with Crippen LogP contribution in [0.25, 0.3) is 0 Å². The molecule has 4 heteroatoms. The number of nitrogens with zero attached hydrogens (tertiary/aromatic N) is 2. The highest BCUT2D eigenvalue weighted by Crippen LogP contribution is 2.25. The molecular formula is C19H28N2O2. The van der Waals surface area contributed by atoms with Crippen molar-refractivity contribution in [1.29, 1.82) is 0 Å². The average Bonchev–Trinajstić information content (AvgIpc) is 2.57. The molecule has 0 spiro atoms. The van der Waals surface area contributed by atoms with E-state index in [9.17, 15) is 9.90 Å². The van der Waals surface area contributed by atoms with Gasteiger partial charge >= 0.3 is 0 Å². The molecule has 1 aromatic carbocycles. The summed E-state index contributed by atoms with van der Waals surface area (Å²) in [6.07, 6.45) is 2.59. The second-order valence-corrected chi connectivity index (χ2v) is 7.26. The summed E-state index contributed by atoms with van der Waals surface area (Å²) >= 11 is 0. The van der Waals surface area contributed by atoms with E-state index >= 15 is 0 Å². The summed E-state index contributed by atoms with van der Waals surface area (Å²) in [7, 11) is 0. The number of benzene rings is 1. The van der Waals surface area contributed by atoms with Gasteiger partial charge in [0.05, 0.1) is 6.10 Å². The SMILES string of the molecule is CC1CCN(C(=O)c2ccc(N3CCC(O)CC3)cc2)CC1C. The Labute approximate surface area is 139 Å². The van der Waals surface area contributed by atoms with Crippen LogP contribution in [-0.2, 0) is 0 Å². The Hall–Kier alpha value is -1.55. The zero-order valence-corrected chi connectivity index (χ0v) is 14.2. The Bertz CT molecular complexity index is 535. The van der Waals surface area contributed by atoms with Crippen molar-refractivity contribution in [2.75, 3.05) is 31.1 Å². The number of amides is 1. The maximum Gasteiger partial charge on any atom is 0.253 e. The molecule has 0 bridgehead atoms. The predicted molar refractivity (Wildman–Crippen MR) is 92.7 cm³/mol. The Morgan fingerprint density at radius 3 is 2.26 bits per heavy atom. The molecule has 1 N–H and O–H groups in total. The topological polar surface area (TPSA) is 43.8 Å². The molecule has 2 atom stereocenters. The van der Waals surface area contributed by atoms with Gasteiger partial charge in [0.1, 0.15) is 0 Å². The van der Waals surface area contributed by atoms with Gasteiger partial charge in [-0.25, -0.2) is 0 Å². The van der Waals surface area contributed by atoms with Crippen LogP contribution >= 0.6 is 0 Å². The lowest BCUT2D eigenvalue weighted by molar-refractivity contribution is 0.0627. The lowest BCUT2D eigenvalue weighted by atomic mass is 9.88. The lowest BCUT2D eigenvalue weighted by Crippen LogP contribution is -2.42. The summed E-state index contributed by atoms with van der Waals surface area (Å²) in [5, 5.41) is 9.60. The number of aliphatic hydroxyl groups is 1. The van der Waals surface area contributed by atoms with Crippen LogP contribution in [-0.4, -0.2) is 48.2 Å². The van der Waals surface area contributed by atoms with Crippen LogP contribution in [0.15, 0.2) is 24.3 Å². The highest BCUT2D eigenvalue weighted by atomic mass is 16.3. The highest BCUT2D eigenvalue weighted by Gasteiger charge is 2.26. The maximum atomic E-state index is 12.7. The minimum absolute atomic E-state index is 0.157. The third-order valence-corrected chi connectivity index (χ3v) is 5.57. The molecular weight excluding hydrogens is 288 g/mol. The van der Waals surface area contributed by atoms with Crippen LogP contribution in [0, 0.1) is 11.8 Å². The first-order valence-corrected chi connectivity index (χ1v) is 8.87. The van der Waals surface area contributed by atoms with Gasteiger partial charge in [-0.15, -0.1) is 0 Å². The van der Waals surface area contributed by atoms with Crippen LogP contribution in [0.4, 0.5) is 5.69 Å². The fourth-order valence-corrected chi connectivity index (χ4v) is 3.57. The smallest absolute Gasteiger partial charge is 0.253 e. The number of rotatable bonds is 2. The first kappa shape index (κ1) is 16.3. The van der Waals surface area contributed by atoms with Gasteiger partial charge in [-0.1, -0.05) is 13.8 Å². The first-order chi connectivity index (χ1) is 11.0. The van der Waals surface area contributed by atoms with Gasteiger partial charge < -0.3 is 14.9 Å². The number of likely N-dealkylation sites (tertiary alicyclic amines) is 1. The monoisotopic (exact) mass is 316 g/mol. The summed E-state index contributed by atoms with van der Waals surface area (Å²) in [6.45, 7) is 8.02. The van der Waals surface area contributed by atoms with Crippen molar-refractivity contribution in [3.05, 3.63) is 29.8 Å². The number of carbonyl (C=O) groups is 1. The molecule has 23 heavy (non-hydrogen) atoms. The summed E-state index contributed by atoms with van der Waals surface area (Å²) < 4.78 is 0. The highest BCUT2D eigenvalue weighted by molar-refractivity contribution is 5.94. The van der Waals surface area contributed by atoms with E-state index in [2.05, 4.69) is 18.7 Å². The van der Waals surface area contributed by atoms with E-state index < -0.39 is 0 Å². The predicted octanol–water partition coefficient (Wildman–Crippen LogP) is 2.77. The Kier molecular flexibility index (Phi) is 4.90. The Morgan fingerprint density at radius 2 is 1.65 bits per heavy atom. The molecule has 0 saturated carbocycles. The van der Waals surface area contributed by atoms with E-state index in [1.165, 1.54) is 0 Å². The van der Waals surface area contributed by atoms with Crippen molar-refractivity contribution in [3.8, 4) is 0 Å². The van der Waals surface area contributed by atoms with Crippen molar-refractivity contribution in [2.45, 2.75) is 39.2 Å². The minimum Gasteiger partial charge on any atom is -0.393 e. The third-order valence-electron chi connectivity index (χ3n) is 5.57. The van der Waals surface area contributed by atoms with Crippen molar-refractivity contribution < 1.29 is 9.90 Å². The first-order valence-electron chi connectivity index (χ1n) is 8.87. The third kappa shape index (κ3) is 3.69. The summed E-state index contributed by atoms with van der Waals surface area (Å²) in [5.41, 5.74) is 1.93. The van der Waals surface area contributed by atoms with E-state index in [1.54, 1.807) is 0 Å². The number of hydrogen-bond acceptors (Lipinski definition) is 3. The Morgan fingerprint density at radius 1 is 1.00 bits per heavy atom. The van der Waals surface area contributed by atoms with Gasteiger partial charge in [-0.05, 0) is 55.4 Å². The number of hydrogen-bond donors (Lipinski definition) is 1. The van der Waals surface area contributed by atoms with Gasteiger partial charge in [0.2, 0.25) is 0 Å². The number of aliphatic hydroxyl groups excluding tert-OH is 1. The van der Waals surface area contributed by atoms with Crippen LogP contribution in [0.1, 0.15) is 43.5 Å². The number of carbonyl (C=O) groups excluding carboxylic acids is 1. The van der Waals surface area contributed by atoms with Crippen molar-refractivity contribution in [2.24, 2.45) is 11.8 Å². The van der Waals surface area contributed by atoms with Crippen molar-refractivity contribution >= 4 is 11.6 Å². The number of anilines is 1. The summed E-state index contributed by atoms with van der Waals surface area (Å²) in [5.74, 6) is 1.44. The van der Waals surface area contributed by atoms with Crippen LogP contribution in [0.2, 0.25) is 0 Å². The standard InChI is InChI=1S/C19H28N2O2/c1-14-7-10-21(13-15(14)2)19(23)16-3-5-17(6-4-16)20-11-8-18(22)9-12-20/h3-6,14-15,18,22H,7-13H2,1-2H3. The Balaban J connectivity index is 1.64. The second-order valence-electron chi connectivity index (χ2n) is 7.26. The molecule has 0 aromatic heterocycles. The molecule has 3 rings (SSSR count). The average molecular weight is 316 g/mol. The molecule has 0 radical (unpaired) electrons. The number of piperidine rings is 2. The molecule has 2 heterocycles. The summed E-state index contributed by atoms with van der Waals surface area (Å²) in [6, 6.07) is 7.98. The maximum absolute atomic E-state index is 12.7. The van der Waals surface area contributed by atoms with Crippen LogP contribution in [0.3, 0.4) is 0 Å². The van der Waals surface area contributed by atoms with Gasteiger partial charge in [-0.3, -0.25) is 4.79 Å². The fraction of sp³-hybridized carbons (Fsp3) is 0.632. The van der Waals surface area contributed by atoms with E-state index in [0.29, 0.717) is 11.8 Å². The van der Waals surface area contributed by atoms with Crippen molar-refractivity contribution in [3.63, 3.8) is 0 Å². The van der Waals surface area contributed by atoms with Gasteiger partial charge in [0.15, 0.2) is 0 Å². The fourth-order valence-electron chi connectivity index (χ4n) is 3.57. The minimum atomic E-state index is -0.157. The van der Waals surface area contributed by atoms with E-state index in [0.717, 1.165) is 56.7 Å². The van der Waals surface area contributed by atoms with Gasteiger partial charge in [-0.2, -0.15) is 0 Å². The molecule has 2 unspecified atom stereocenters. The second kappa shape index (κ2) is 6.91. The quantitative estimate of drug-likeness (QED) is 0.912. The van der Waals surface area contributed by atoms with Gasteiger partial charge in [0, 0.05) is 37.4 Å². The van der Waals surface area contributed by atoms with Gasteiger partial charge in [0.25, 0.3) is 5.91 Å². The lowest BCUT2D eigenvalue weighted by Gasteiger charge is -2.35. The molecule has 1 amide bonds. The zero-order valence-electron chi connectivity index (χ0n) is 14.2. The normalized spacial score (nSPS) is 26.4. The van der Waals surface area contributed by atoms with E-state index in [4.69, 9.17) is 0 Å². The zero-order chi connectivity index (χ0) is 16.4. The molecule has 2 fully saturated rings. The molecule has 1 aromatic rings. The van der Waals surface area contributed by atoms with E-state index in [-0.39, 0.29) is 12.0 Å². The molecule has 0 aliphatic carbocycles. The van der Waals surface area contributed by atoms with Crippen LogP contribution < -0.4 is 4.90 Å².